The second-order valence-electron chi connectivity index (χ2n) is 16.4. The molecule has 0 amide bonds. The molecule has 5 aliphatic rings. The minimum atomic E-state index is 0.188. The van der Waals surface area contributed by atoms with Crippen LogP contribution >= 0.6 is 22.6 Å². The topological polar surface area (TPSA) is 15.8 Å². The highest BCUT2D eigenvalue weighted by atomic mass is 127. The summed E-state index contributed by atoms with van der Waals surface area (Å²) < 4.78 is 1.36. The summed E-state index contributed by atoms with van der Waals surface area (Å²) in [5.74, 6) is 4.03. The lowest BCUT2D eigenvalue weighted by atomic mass is 9.32. The van der Waals surface area contributed by atoms with Crippen molar-refractivity contribution >= 4 is 33.5 Å². The van der Waals surface area contributed by atoms with Crippen LogP contribution in [0.3, 0.4) is 0 Å². The minimum absolute atomic E-state index is 0.188. The summed E-state index contributed by atoms with van der Waals surface area (Å²) in [5, 5.41) is 1.50. The molecule has 5 aliphatic carbocycles. The standard InChI is InChI=1S/C36H50IN/c1-21(2)23-13-15-33(5)17-18-35(7)26(30(23)33)10-12-29-34(6)20-25-24-19-22(37)9-11-27(24)38-31(25)32(3,4)28(34)14-16-36(29,35)8/h9,11,19,23,26,28-30,38H,1,10,12-18,20H2,2-8H3/t23-,26+,28-,29+,30+,33+,34-,35+,36+/m0/s1. The van der Waals surface area contributed by atoms with Gasteiger partial charge in [-0.05, 0) is 162 Å². The van der Waals surface area contributed by atoms with Crippen LogP contribution < -0.4 is 0 Å². The van der Waals surface area contributed by atoms with Gasteiger partial charge in [-0.2, -0.15) is 0 Å². The van der Waals surface area contributed by atoms with Crippen LogP contribution in [-0.2, 0) is 11.8 Å². The zero-order valence-corrected chi connectivity index (χ0v) is 27.2. The molecule has 0 aliphatic heterocycles. The van der Waals surface area contributed by atoms with Gasteiger partial charge < -0.3 is 4.98 Å². The van der Waals surface area contributed by atoms with Crippen molar-refractivity contribution in [2.45, 2.75) is 112 Å². The van der Waals surface area contributed by atoms with Crippen LogP contribution in [0, 0.1) is 54.8 Å². The second kappa shape index (κ2) is 7.95. The maximum absolute atomic E-state index is 4.54. The number of hydrogen-bond donors (Lipinski definition) is 1. The highest BCUT2D eigenvalue weighted by molar-refractivity contribution is 14.1. The second-order valence-corrected chi connectivity index (χ2v) is 17.7. The molecular formula is C36H50IN. The molecule has 38 heavy (non-hydrogen) atoms. The van der Waals surface area contributed by atoms with E-state index >= 15 is 0 Å². The van der Waals surface area contributed by atoms with Crippen molar-refractivity contribution in [3.05, 3.63) is 45.2 Å². The predicted octanol–water partition coefficient (Wildman–Crippen LogP) is 10.5. The largest absolute Gasteiger partial charge is 0.358 e. The Hall–Kier alpha value is -0.770. The summed E-state index contributed by atoms with van der Waals surface area (Å²) in [6.45, 7) is 23.0. The Kier molecular flexibility index (Phi) is 5.47. The highest BCUT2D eigenvalue weighted by Gasteiger charge is 2.70. The van der Waals surface area contributed by atoms with Crippen molar-refractivity contribution in [1.29, 1.82) is 0 Å². The van der Waals surface area contributed by atoms with Gasteiger partial charge in [-0.1, -0.05) is 53.7 Å². The smallest absolute Gasteiger partial charge is 0.0459 e. The van der Waals surface area contributed by atoms with Crippen molar-refractivity contribution < 1.29 is 0 Å². The normalized spacial score (nSPS) is 47.0. The van der Waals surface area contributed by atoms with Gasteiger partial charge in [0.2, 0.25) is 0 Å². The first-order chi connectivity index (χ1) is 17.8. The quantitative estimate of drug-likeness (QED) is 0.240. The van der Waals surface area contributed by atoms with E-state index < -0.39 is 0 Å². The molecule has 4 fully saturated rings. The Morgan fingerprint density at radius 2 is 1.66 bits per heavy atom. The molecule has 2 aromatic rings. The fourth-order valence-corrected chi connectivity index (χ4v) is 13.3. The molecule has 206 valence electrons. The lowest BCUT2D eigenvalue weighted by molar-refractivity contribution is -0.223. The average Bonchev–Trinajstić information content (AvgIpc) is 3.38. The third-order valence-corrected chi connectivity index (χ3v) is 15.4. The Balaban J connectivity index is 1.33. The summed E-state index contributed by atoms with van der Waals surface area (Å²) in [5.41, 5.74) is 7.99. The molecule has 7 rings (SSSR count). The molecule has 1 N–H and O–H groups in total. The number of aromatic nitrogens is 1. The number of hydrogen-bond acceptors (Lipinski definition) is 0. The van der Waals surface area contributed by atoms with Crippen LogP contribution in [-0.4, -0.2) is 4.98 Å². The van der Waals surface area contributed by atoms with Gasteiger partial charge in [0.25, 0.3) is 0 Å². The monoisotopic (exact) mass is 623 g/mol. The van der Waals surface area contributed by atoms with Crippen LogP contribution in [0.1, 0.15) is 111 Å². The first-order valence-corrected chi connectivity index (χ1v) is 16.8. The Morgan fingerprint density at radius 3 is 2.39 bits per heavy atom. The summed E-state index contributed by atoms with van der Waals surface area (Å²) >= 11 is 2.50. The molecule has 0 unspecified atom stereocenters. The molecule has 0 bridgehead atoms. The number of H-pyrrole nitrogens is 1. The Bertz CT molecular complexity index is 1330. The Labute approximate surface area is 245 Å². The number of allylic oxidation sites excluding steroid dienone is 1. The van der Waals surface area contributed by atoms with Crippen LogP contribution in [0.25, 0.3) is 10.9 Å². The molecule has 4 saturated carbocycles. The van der Waals surface area contributed by atoms with Gasteiger partial charge >= 0.3 is 0 Å². The fraction of sp³-hybridized carbons (Fsp3) is 0.722. The molecule has 0 spiro atoms. The lowest BCUT2D eigenvalue weighted by Gasteiger charge is -2.72. The first-order valence-electron chi connectivity index (χ1n) is 15.7. The van der Waals surface area contributed by atoms with Crippen molar-refractivity contribution in [2.24, 2.45) is 51.2 Å². The van der Waals surface area contributed by atoms with Gasteiger partial charge in [0.15, 0.2) is 0 Å². The van der Waals surface area contributed by atoms with Crippen LogP contribution in [0.4, 0.5) is 0 Å². The number of rotatable bonds is 1. The van der Waals surface area contributed by atoms with E-state index in [9.17, 15) is 0 Å². The summed E-state index contributed by atoms with van der Waals surface area (Å²) in [6, 6.07) is 7.04. The van der Waals surface area contributed by atoms with Crippen molar-refractivity contribution in [1.82, 2.24) is 4.98 Å². The molecular weight excluding hydrogens is 573 g/mol. The Morgan fingerprint density at radius 1 is 0.895 bits per heavy atom. The van der Waals surface area contributed by atoms with Crippen LogP contribution in [0.5, 0.6) is 0 Å². The molecule has 1 heterocycles. The van der Waals surface area contributed by atoms with E-state index in [0.29, 0.717) is 21.7 Å². The van der Waals surface area contributed by atoms with Gasteiger partial charge in [0.05, 0.1) is 0 Å². The third kappa shape index (κ3) is 3.06. The molecule has 1 nitrogen and oxygen atoms in total. The van der Waals surface area contributed by atoms with E-state index in [1.165, 1.54) is 77.8 Å². The highest BCUT2D eigenvalue weighted by Crippen LogP contribution is 2.77. The lowest BCUT2D eigenvalue weighted by Crippen LogP contribution is -2.66. The van der Waals surface area contributed by atoms with Gasteiger partial charge in [0, 0.05) is 25.6 Å². The number of halogens is 1. The van der Waals surface area contributed by atoms with Gasteiger partial charge in [-0.25, -0.2) is 0 Å². The van der Waals surface area contributed by atoms with Crippen molar-refractivity contribution in [3.8, 4) is 0 Å². The van der Waals surface area contributed by atoms with Crippen molar-refractivity contribution in [3.63, 3.8) is 0 Å². The number of aromatic amines is 1. The van der Waals surface area contributed by atoms with Crippen LogP contribution in [0.2, 0.25) is 0 Å². The van der Waals surface area contributed by atoms with E-state index in [2.05, 4.69) is 101 Å². The predicted molar refractivity (Wildman–Crippen MR) is 169 cm³/mol. The van der Waals surface area contributed by atoms with Gasteiger partial charge in [0.1, 0.15) is 0 Å². The zero-order chi connectivity index (χ0) is 27.0. The zero-order valence-electron chi connectivity index (χ0n) is 25.1. The molecule has 0 radical (unpaired) electrons. The SMILES string of the molecule is C=C(C)[C@@H]1CC[C@]2(C)CC[C@]3(C)[C@H](CC[C@@H]4[C@@]5(C)Cc6c([nH]c7ccc(I)cc67)C(C)(C)[C@@H]5CC[C@]43C)[C@@H]12. The molecule has 0 saturated heterocycles. The van der Waals surface area contributed by atoms with E-state index in [-0.39, 0.29) is 5.41 Å². The van der Waals surface area contributed by atoms with E-state index in [0.717, 1.165) is 29.6 Å². The molecule has 1 aromatic carbocycles. The molecule has 1 aromatic heterocycles. The van der Waals surface area contributed by atoms with Gasteiger partial charge in [-0.3, -0.25) is 0 Å². The maximum Gasteiger partial charge on any atom is 0.0459 e. The fourth-order valence-electron chi connectivity index (χ4n) is 12.8. The average molecular weight is 624 g/mol. The van der Waals surface area contributed by atoms with Crippen LogP contribution in [0.15, 0.2) is 30.4 Å². The summed E-state index contributed by atoms with van der Waals surface area (Å²) in [4.78, 5) is 3.95. The molecule has 9 atom stereocenters. The molecule has 2 heteroatoms. The first kappa shape index (κ1) is 26.1. The van der Waals surface area contributed by atoms with Crippen molar-refractivity contribution in [2.75, 3.05) is 0 Å². The number of benzene rings is 1. The number of nitrogens with one attached hydrogen (secondary N) is 1. The minimum Gasteiger partial charge on any atom is -0.358 e. The summed E-state index contributed by atoms with van der Waals surface area (Å²) in [6.07, 6.45) is 12.6. The number of fused-ring (bicyclic) bond motifs is 10. The van der Waals surface area contributed by atoms with E-state index in [1.807, 2.05) is 0 Å². The van der Waals surface area contributed by atoms with Gasteiger partial charge in [-0.15, -0.1) is 0 Å². The van der Waals surface area contributed by atoms with E-state index in [4.69, 9.17) is 0 Å². The third-order valence-electron chi connectivity index (χ3n) is 14.7. The maximum atomic E-state index is 4.54. The van der Waals surface area contributed by atoms with E-state index in [1.54, 1.807) is 11.3 Å². The summed E-state index contributed by atoms with van der Waals surface area (Å²) in [7, 11) is 0.